The molecule has 0 aliphatic rings. The summed E-state index contributed by atoms with van der Waals surface area (Å²) in [6.45, 7) is 2.72. The van der Waals surface area contributed by atoms with Gasteiger partial charge in [-0.3, -0.25) is 0 Å². The molecule has 80 valence electrons. The lowest BCUT2D eigenvalue weighted by atomic mass is 10.3. The Morgan fingerprint density at radius 1 is 1.57 bits per heavy atom. The minimum atomic E-state index is 0.652. The van der Waals surface area contributed by atoms with E-state index in [1.807, 2.05) is 5.38 Å². The van der Waals surface area contributed by atoms with Crippen molar-refractivity contribution in [1.29, 1.82) is 0 Å². The number of rotatable bonds is 6. The normalized spacial score (nSPS) is 11.1. The van der Waals surface area contributed by atoms with E-state index in [1.54, 1.807) is 7.11 Å². The Bertz CT molecular complexity index is 264. The lowest BCUT2D eigenvalue weighted by Crippen LogP contribution is -2.25. The fourth-order valence-electron chi connectivity index (χ4n) is 1.10. The average molecular weight is 215 g/mol. The topological polar surface area (TPSA) is 51.4 Å². The second kappa shape index (κ2) is 5.95. The van der Waals surface area contributed by atoms with Crippen LogP contribution in [-0.2, 0) is 11.2 Å². The number of nitrogen functional groups attached to an aromatic ring is 1. The number of hydrogen-bond acceptors (Lipinski definition) is 5. The summed E-state index contributed by atoms with van der Waals surface area (Å²) in [6.07, 6.45) is 0.952. The highest BCUT2D eigenvalue weighted by atomic mass is 32.1. The van der Waals surface area contributed by atoms with E-state index in [0.717, 1.165) is 31.8 Å². The van der Waals surface area contributed by atoms with Crippen LogP contribution in [0.15, 0.2) is 5.38 Å². The molecule has 0 atom stereocenters. The van der Waals surface area contributed by atoms with E-state index < -0.39 is 0 Å². The van der Waals surface area contributed by atoms with Crippen molar-refractivity contribution in [2.75, 3.05) is 39.6 Å². The fraction of sp³-hybridized carbons (Fsp3) is 0.667. The quantitative estimate of drug-likeness (QED) is 0.764. The monoisotopic (exact) mass is 215 g/mol. The molecule has 0 aromatic carbocycles. The molecule has 1 heterocycles. The van der Waals surface area contributed by atoms with Gasteiger partial charge in [-0.05, 0) is 7.05 Å². The molecular formula is C9H17N3OS. The third-order valence-corrected chi connectivity index (χ3v) is 2.72. The van der Waals surface area contributed by atoms with Crippen molar-refractivity contribution < 1.29 is 4.74 Å². The molecule has 1 rings (SSSR count). The maximum absolute atomic E-state index is 5.54. The summed E-state index contributed by atoms with van der Waals surface area (Å²) in [5.74, 6) is 0. The maximum Gasteiger partial charge on any atom is 0.180 e. The van der Waals surface area contributed by atoms with Crippen LogP contribution in [0.1, 0.15) is 5.69 Å². The van der Waals surface area contributed by atoms with E-state index in [1.165, 1.54) is 11.3 Å². The van der Waals surface area contributed by atoms with Gasteiger partial charge in [0.05, 0.1) is 12.3 Å². The van der Waals surface area contributed by atoms with Crippen LogP contribution in [-0.4, -0.2) is 43.7 Å². The Balaban J connectivity index is 2.20. The first kappa shape index (κ1) is 11.4. The molecule has 1 aromatic heterocycles. The van der Waals surface area contributed by atoms with Crippen LogP contribution in [0, 0.1) is 0 Å². The number of thiazole rings is 1. The highest BCUT2D eigenvalue weighted by molar-refractivity contribution is 7.13. The van der Waals surface area contributed by atoms with E-state index in [9.17, 15) is 0 Å². The first-order valence-electron chi connectivity index (χ1n) is 4.59. The Hall–Kier alpha value is -0.650. The van der Waals surface area contributed by atoms with Crippen molar-refractivity contribution in [2.45, 2.75) is 6.42 Å². The summed E-state index contributed by atoms with van der Waals surface area (Å²) >= 11 is 1.50. The molecule has 0 saturated heterocycles. The Kier molecular flexibility index (Phi) is 4.86. The predicted molar refractivity (Wildman–Crippen MR) is 59.6 cm³/mol. The lowest BCUT2D eigenvalue weighted by molar-refractivity contribution is 0.162. The van der Waals surface area contributed by atoms with Gasteiger partial charge in [0.1, 0.15) is 0 Å². The number of aromatic nitrogens is 1. The van der Waals surface area contributed by atoms with Gasteiger partial charge in [0.15, 0.2) is 5.13 Å². The number of methoxy groups -OCH3 is 1. The first-order valence-corrected chi connectivity index (χ1v) is 5.47. The molecule has 0 spiro atoms. The van der Waals surface area contributed by atoms with E-state index >= 15 is 0 Å². The van der Waals surface area contributed by atoms with E-state index in [4.69, 9.17) is 10.5 Å². The van der Waals surface area contributed by atoms with Crippen LogP contribution < -0.4 is 5.73 Å². The number of nitrogens with zero attached hydrogens (tertiary/aromatic N) is 2. The van der Waals surface area contributed by atoms with Gasteiger partial charge in [0.25, 0.3) is 0 Å². The summed E-state index contributed by atoms with van der Waals surface area (Å²) < 4.78 is 4.99. The number of anilines is 1. The van der Waals surface area contributed by atoms with Crippen molar-refractivity contribution in [1.82, 2.24) is 9.88 Å². The zero-order valence-corrected chi connectivity index (χ0v) is 9.51. The molecule has 5 heteroatoms. The molecule has 4 nitrogen and oxygen atoms in total. The van der Waals surface area contributed by atoms with Crippen LogP contribution in [0.25, 0.3) is 0 Å². The first-order chi connectivity index (χ1) is 6.72. The molecule has 0 radical (unpaired) electrons. The molecule has 0 aliphatic heterocycles. The molecule has 0 fully saturated rings. The molecule has 0 aliphatic carbocycles. The summed E-state index contributed by atoms with van der Waals surface area (Å²) in [7, 11) is 3.80. The third kappa shape index (κ3) is 4.04. The predicted octanol–water partition coefficient (Wildman–Crippen LogP) is 0.846. The Labute approximate surface area is 88.7 Å². The molecule has 0 amide bonds. The standard InChI is InChI=1S/C9H17N3OS/c1-12(5-6-13-2)4-3-8-7-14-9(10)11-8/h7H,3-6H2,1-2H3,(H2,10,11). The summed E-state index contributed by atoms with van der Waals surface area (Å²) in [4.78, 5) is 6.42. The zero-order chi connectivity index (χ0) is 10.4. The van der Waals surface area contributed by atoms with E-state index in [0.29, 0.717) is 5.13 Å². The van der Waals surface area contributed by atoms with Gasteiger partial charge in [-0.2, -0.15) is 0 Å². The van der Waals surface area contributed by atoms with Crippen molar-refractivity contribution >= 4 is 16.5 Å². The van der Waals surface area contributed by atoms with Gasteiger partial charge in [-0.1, -0.05) is 0 Å². The molecule has 14 heavy (non-hydrogen) atoms. The number of ether oxygens (including phenoxy) is 1. The highest BCUT2D eigenvalue weighted by Crippen LogP contribution is 2.11. The molecule has 0 unspecified atom stereocenters. The molecule has 2 N–H and O–H groups in total. The van der Waals surface area contributed by atoms with E-state index in [-0.39, 0.29) is 0 Å². The van der Waals surface area contributed by atoms with E-state index in [2.05, 4.69) is 16.9 Å². The second-order valence-electron chi connectivity index (χ2n) is 3.22. The molecule has 0 bridgehead atoms. The number of likely N-dealkylation sites (N-methyl/N-ethyl adjacent to an activating group) is 1. The van der Waals surface area contributed by atoms with Crippen LogP contribution in [0.2, 0.25) is 0 Å². The van der Waals surface area contributed by atoms with Crippen molar-refractivity contribution in [3.8, 4) is 0 Å². The molecule has 1 aromatic rings. The van der Waals surface area contributed by atoms with Crippen LogP contribution in [0.5, 0.6) is 0 Å². The van der Waals surface area contributed by atoms with Gasteiger partial charge in [-0.25, -0.2) is 4.98 Å². The fourth-order valence-corrected chi connectivity index (χ4v) is 1.70. The van der Waals surface area contributed by atoms with Gasteiger partial charge in [0, 0.05) is 32.0 Å². The minimum Gasteiger partial charge on any atom is -0.383 e. The molecular weight excluding hydrogens is 198 g/mol. The Morgan fingerprint density at radius 2 is 2.36 bits per heavy atom. The smallest absolute Gasteiger partial charge is 0.180 e. The van der Waals surface area contributed by atoms with Gasteiger partial charge in [-0.15, -0.1) is 11.3 Å². The van der Waals surface area contributed by atoms with Gasteiger partial charge < -0.3 is 15.4 Å². The van der Waals surface area contributed by atoms with Crippen LogP contribution >= 0.6 is 11.3 Å². The van der Waals surface area contributed by atoms with Crippen molar-refractivity contribution in [3.05, 3.63) is 11.1 Å². The minimum absolute atomic E-state index is 0.652. The number of hydrogen-bond donors (Lipinski definition) is 1. The Morgan fingerprint density at radius 3 is 2.93 bits per heavy atom. The summed E-state index contributed by atoms with van der Waals surface area (Å²) in [6, 6.07) is 0. The lowest BCUT2D eigenvalue weighted by Gasteiger charge is -2.14. The van der Waals surface area contributed by atoms with Crippen LogP contribution in [0.3, 0.4) is 0 Å². The van der Waals surface area contributed by atoms with Gasteiger partial charge >= 0.3 is 0 Å². The average Bonchev–Trinajstić information content (AvgIpc) is 2.58. The highest BCUT2D eigenvalue weighted by Gasteiger charge is 2.01. The second-order valence-corrected chi connectivity index (χ2v) is 4.11. The zero-order valence-electron chi connectivity index (χ0n) is 8.69. The van der Waals surface area contributed by atoms with Crippen molar-refractivity contribution in [2.24, 2.45) is 0 Å². The molecule has 0 saturated carbocycles. The van der Waals surface area contributed by atoms with Crippen LogP contribution in [0.4, 0.5) is 5.13 Å². The summed E-state index contributed by atoms with van der Waals surface area (Å²) in [5.41, 5.74) is 6.62. The number of nitrogens with two attached hydrogens (primary N) is 1. The van der Waals surface area contributed by atoms with Crippen molar-refractivity contribution in [3.63, 3.8) is 0 Å². The maximum atomic E-state index is 5.54. The van der Waals surface area contributed by atoms with Gasteiger partial charge in [0.2, 0.25) is 0 Å². The largest absolute Gasteiger partial charge is 0.383 e. The SMILES string of the molecule is COCCN(C)CCc1csc(N)n1. The third-order valence-electron chi connectivity index (χ3n) is 2.00. The summed E-state index contributed by atoms with van der Waals surface area (Å²) in [5, 5.41) is 2.67.